The fourth-order valence-corrected chi connectivity index (χ4v) is 3.00. The molecule has 3 rings (SSSR count). The highest BCUT2D eigenvalue weighted by Gasteiger charge is 2.28. The first-order valence-corrected chi connectivity index (χ1v) is 7.67. The van der Waals surface area contributed by atoms with E-state index in [1.165, 1.54) is 6.39 Å². The lowest BCUT2D eigenvalue weighted by atomic mass is 9.98. The van der Waals surface area contributed by atoms with Crippen LogP contribution in [-0.4, -0.2) is 40.6 Å². The number of likely N-dealkylation sites (tertiary alicyclic amines) is 1. The van der Waals surface area contributed by atoms with E-state index in [1.807, 2.05) is 12.1 Å². The summed E-state index contributed by atoms with van der Waals surface area (Å²) >= 11 is 6.18. The number of oxazole rings is 1. The van der Waals surface area contributed by atoms with Gasteiger partial charge in [0, 0.05) is 25.3 Å². The molecule has 5 nitrogen and oxygen atoms in total. The third-order valence-electron chi connectivity index (χ3n) is 3.95. The normalized spacial score (nSPS) is 18.5. The molecule has 1 aromatic carbocycles. The molecule has 1 saturated heterocycles. The van der Waals surface area contributed by atoms with Gasteiger partial charge < -0.3 is 14.4 Å². The van der Waals surface area contributed by atoms with Crippen LogP contribution in [0.15, 0.2) is 35.1 Å². The summed E-state index contributed by atoms with van der Waals surface area (Å²) < 4.78 is 5.40. The number of aliphatic hydroxyl groups excluding tert-OH is 1. The van der Waals surface area contributed by atoms with Gasteiger partial charge in [-0.1, -0.05) is 23.7 Å². The number of carbonyl (C=O) groups excluding carboxylic acids is 1. The Balaban J connectivity index is 1.89. The summed E-state index contributed by atoms with van der Waals surface area (Å²) in [5.41, 5.74) is 0.924. The van der Waals surface area contributed by atoms with Crippen molar-refractivity contribution in [3.05, 3.63) is 41.4 Å². The van der Waals surface area contributed by atoms with E-state index in [0.29, 0.717) is 29.4 Å². The standard InChI is InChI=1S/C16H17ClN2O3/c17-13-6-2-1-5-12(13)15-14(18-10-22-15)16(21)19-7-3-4-11(8-19)9-20/h1-2,5-6,10-11,20H,3-4,7-9H2. The molecular weight excluding hydrogens is 304 g/mol. The predicted octanol–water partition coefficient (Wildman–Crippen LogP) is 2.84. The Hall–Kier alpha value is -1.85. The Morgan fingerprint density at radius 1 is 1.45 bits per heavy atom. The summed E-state index contributed by atoms with van der Waals surface area (Å²) in [4.78, 5) is 18.5. The second-order valence-electron chi connectivity index (χ2n) is 5.45. The van der Waals surface area contributed by atoms with Crippen molar-refractivity contribution < 1.29 is 14.3 Å². The Morgan fingerprint density at radius 3 is 3.05 bits per heavy atom. The van der Waals surface area contributed by atoms with Gasteiger partial charge in [0.1, 0.15) is 0 Å². The molecule has 1 aliphatic rings. The minimum atomic E-state index is -0.179. The smallest absolute Gasteiger partial charge is 0.276 e. The average Bonchev–Trinajstić information content (AvgIpc) is 3.04. The number of benzene rings is 1. The van der Waals surface area contributed by atoms with Gasteiger partial charge in [0.25, 0.3) is 5.91 Å². The van der Waals surface area contributed by atoms with Crippen LogP contribution in [-0.2, 0) is 0 Å². The quantitative estimate of drug-likeness (QED) is 0.944. The first-order chi connectivity index (χ1) is 10.7. The molecule has 1 aliphatic heterocycles. The van der Waals surface area contributed by atoms with Crippen LogP contribution >= 0.6 is 11.6 Å². The van der Waals surface area contributed by atoms with Gasteiger partial charge in [0.05, 0.1) is 5.02 Å². The van der Waals surface area contributed by atoms with Crippen LogP contribution in [0.4, 0.5) is 0 Å². The second kappa shape index (κ2) is 6.50. The number of piperidine rings is 1. The fourth-order valence-electron chi connectivity index (χ4n) is 2.78. The summed E-state index contributed by atoms with van der Waals surface area (Å²) in [5.74, 6) is 0.344. The van der Waals surface area contributed by atoms with E-state index in [1.54, 1.807) is 17.0 Å². The molecule has 6 heteroatoms. The zero-order valence-corrected chi connectivity index (χ0v) is 12.8. The molecule has 0 spiro atoms. The van der Waals surface area contributed by atoms with Gasteiger partial charge in [-0.15, -0.1) is 0 Å². The molecule has 2 heterocycles. The van der Waals surface area contributed by atoms with Crippen molar-refractivity contribution in [2.45, 2.75) is 12.8 Å². The lowest BCUT2D eigenvalue weighted by Crippen LogP contribution is -2.41. The zero-order valence-electron chi connectivity index (χ0n) is 12.0. The van der Waals surface area contributed by atoms with Crippen molar-refractivity contribution >= 4 is 17.5 Å². The highest BCUT2D eigenvalue weighted by Crippen LogP contribution is 2.31. The van der Waals surface area contributed by atoms with Crippen molar-refractivity contribution in [2.75, 3.05) is 19.7 Å². The van der Waals surface area contributed by atoms with Crippen LogP contribution in [0.3, 0.4) is 0 Å². The summed E-state index contributed by atoms with van der Waals surface area (Å²) in [5, 5.41) is 9.81. The number of aromatic nitrogens is 1. The largest absolute Gasteiger partial charge is 0.443 e. The molecule has 1 amide bonds. The van der Waals surface area contributed by atoms with Crippen LogP contribution < -0.4 is 0 Å². The van der Waals surface area contributed by atoms with Crippen LogP contribution in [0.5, 0.6) is 0 Å². The Morgan fingerprint density at radius 2 is 2.27 bits per heavy atom. The van der Waals surface area contributed by atoms with E-state index in [-0.39, 0.29) is 24.1 Å². The molecule has 1 unspecified atom stereocenters. The van der Waals surface area contributed by atoms with Gasteiger partial charge in [-0.2, -0.15) is 0 Å². The minimum Gasteiger partial charge on any atom is -0.443 e. The van der Waals surface area contributed by atoms with Gasteiger partial charge >= 0.3 is 0 Å². The number of nitrogens with zero attached hydrogens (tertiary/aromatic N) is 2. The van der Waals surface area contributed by atoms with Gasteiger partial charge in [0.2, 0.25) is 0 Å². The maximum atomic E-state index is 12.7. The summed E-state index contributed by atoms with van der Waals surface area (Å²) in [7, 11) is 0. The number of aliphatic hydroxyl groups is 1. The van der Waals surface area contributed by atoms with E-state index < -0.39 is 0 Å². The zero-order chi connectivity index (χ0) is 15.5. The maximum absolute atomic E-state index is 12.7. The molecular formula is C16H17ClN2O3. The van der Waals surface area contributed by atoms with Crippen LogP contribution in [0.2, 0.25) is 5.02 Å². The van der Waals surface area contributed by atoms with Gasteiger partial charge in [-0.05, 0) is 30.9 Å². The molecule has 0 radical (unpaired) electrons. The fraction of sp³-hybridized carbons (Fsp3) is 0.375. The SMILES string of the molecule is O=C(c1ncoc1-c1ccccc1Cl)N1CCCC(CO)C1. The average molecular weight is 321 g/mol. The van der Waals surface area contributed by atoms with E-state index in [4.69, 9.17) is 16.0 Å². The predicted molar refractivity (Wildman–Crippen MR) is 82.7 cm³/mol. The third-order valence-corrected chi connectivity index (χ3v) is 4.28. The molecule has 1 fully saturated rings. The molecule has 116 valence electrons. The highest BCUT2D eigenvalue weighted by molar-refractivity contribution is 6.33. The first-order valence-electron chi connectivity index (χ1n) is 7.29. The summed E-state index contributed by atoms with van der Waals surface area (Å²) in [6.07, 6.45) is 3.09. The van der Waals surface area contributed by atoms with Gasteiger partial charge in [-0.25, -0.2) is 4.98 Å². The van der Waals surface area contributed by atoms with Gasteiger partial charge in [0.15, 0.2) is 17.8 Å². The summed E-state index contributed by atoms with van der Waals surface area (Å²) in [6.45, 7) is 1.31. The van der Waals surface area contributed by atoms with E-state index in [9.17, 15) is 9.90 Å². The molecule has 1 aromatic heterocycles. The number of halogens is 1. The van der Waals surface area contributed by atoms with Crippen molar-refractivity contribution in [1.82, 2.24) is 9.88 Å². The Bertz CT molecular complexity index is 671. The highest BCUT2D eigenvalue weighted by atomic mass is 35.5. The van der Waals surface area contributed by atoms with Crippen LogP contribution in [0.1, 0.15) is 23.3 Å². The number of rotatable bonds is 3. The van der Waals surface area contributed by atoms with Gasteiger partial charge in [-0.3, -0.25) is 4.79 Å². The molecule has 0 saturated carbocycles. The van der Waals surface area contributed by atoms with E-state index in [0.717, 1.165) is 12.8 Å². The first kappa shape index (κ1) is 15.1. The molecule has 2 aromatic rings. The van der Waals surface area contributed by atoms with E-state index >= 15 is 0 Å². The molecule has 0 aliphatic carbocycles. The topological polar surface area (TPSA) is 66.6 Å². The van der Waals surface area contributed by atoms with E-state index in [2.05, 4.69) is 4.98 Å². The van der Waals surface area contributed by atoms with Crippen molar-refractivity contribution in [3.63, 3.8) is 0 Å². The van der Waals surface area contributed by atoms with Crippen molar-refractivity contribution in [2.24, 2.45) is 5.92 Å². The number of carbonyl (C=O) groups is 1. The molecule has 1 N–H and O–H groups in total. The molecule has 22 heavy (non-hydrogen) atoms. The number of hydrogen-bond acceptors (Lipinski definition) is 4. The van der Waals surface area contributed by atoms with Crippen LogP contribution in [0.25, 0.3) is 11.3 Å². The number of hydrogen-bond donors (Lipinski definition) is 1. The third kappa shape index (κ3) is 2.87. The Labute approximate surface area is 133 Å². The number of amides is 1. The maximum Gasteiger partial charge on any atom is 0.276 e. The second-order valence-corrected chi connectivity index (χ2v) is 5.86. The molecule has 1 atom stereocenters. The van der Waals surface area contributed by atoms with Crippen LogP contribution in [0, 0.1) is 5.92 Å². The Kier molecular flexibility index (Phi) is 4.45. The minimum absolute atomic E-state index is 0.0972. The van der Waals surface area contributed by atoms with Crippen molar-refractivity contribution in [1.29, 1.82) is 0 Å². The lowest BCUT2D eigenvalue weighted by Gasteiger charge is -2.31. The lowest BCUT2D eigenvalue weighted by molar-refractivity contribution is 0.0616. The monoisotopic (exact) mass is 320 g/mol. The molecule has 0 bridgehead atoms. The van der Waals surface area contributed by atoms with Crippen molar-refractivity contribution in [3.8, 4) is 11.3 Å². The summed E-state index contributed by atoms with van der Waals surface area (Å²) in [6, 6.07) is 7.20.